The van der Waals surface area contributed by atoms with E-state index in [1.165, 1.54) is 0 Å². The van der Waals surface area contributed by atoms with Crippen LogP contribution in [0.15, 0.2) is 17.6 Å². The van der Waals surface area contributed by atoms with Gasteiger partial charge in [0.2, 0.25) is 0 Å². The summed E-state index contributed by atoms with van der Waals surface area (Å²) < 4.78 is 0. The minimum absolute atomic E-state index is 0.216. The van der Waals surface area contributed by atoms with Crippen LogP contribution in [0.4, 0.5) is 0 Å². The van der Waals surface area contributed by atoms with Gasteiger partial charge in [0.1, 0.15) is 0 Å². The molecule has 3 nitrogen and oxygen atoms in total. The molecule has 1 atom stereocenters. The van der Waals surface area contributed by atoms with Crippen LogP contribution >= 0.6 is 0 Å². The predicted molar refractivity (Wildman–Crippen MR) is 54.2 cm³/mol. The van der Waals surface area contributed by atoms with Crippen LogP contribution in [0.25, 0.3) is 0 Å². The zero-order valence-corrected chi connectivity index (χ0v) is 8.17. The molecule has 1 unspecified atom stereocenters. The predicted octanol–water partition coefficient (Wildman–Crippen LogP) is 1.26. The first-order valence-corrected chi connectivity index (χ1v) is 4.27. The number of guanidine groups is 1. The summed E-state index contributed by atoms with van der Waals surface area (Å²) in [6.45, 7) is 9.71. The van der Waals surface area contributed by atoms with E-state index in [4.69, 9.17) is 5.73 Å². The molecule has 0 aliphatic carbocycles. The average Bonchev–Trinajstić information content (AvgIpc) is 1.84. The van der Waals surface area contributed by atoms with Crippen LogP contribution in [-0.4, -0.2) is 18.0 Å². The highest BCUT2D eigenvalue weighted by Gasteiger charge is 1.98. The smallest absolute Gasteiger partial charge is 0.189 e. The van der Waals surface area contributed by atoms with Crippen LogP contribution < -0.4 is 11.1 Å². The molecule has 0 aliphatic rings. The van der Waals surface area contributed by atoms with Crippen LogP contribution in [0.3, 0.4) is 0 Å². The molecule has 0 amide bonds. The number of rotatable bonds is 4. The first-order chi connectivity index (χ1) is 5.56. The third kappa shape index (κ3) is 5.77. The van der Waals surface area contributed by atoms with E-state index >= 15 is 0 Å². The molecule has 0 bridgehead atoms. The molecule has 0 fully saturated rings. The molecule has 0 aromatic carbocycles. The molecule has 0 saturated carbocycles. The van der Waals surface area contributed by atoms with E-state index in [1.807, 2.05) is 26.8 Å². The molecule has 3 heteroatoms. The van der Waals surface area contributed by atoms with Gasteiger partial charge in [0.25, 0.3) is 0 Å². The van der Waals surface area contributed by atoms with E-state index in [-0.39, 0.29) is 6.04 Å². The van der Waals surface area contributed by atoms with Gasteiger partial charge in [-0.15, -0.1) is 6.58 Å². The Labute approximate surface area is 74.8 Å². The lowest BCUT2D eigenvalue weighted by Crippen LogP contribution is -2.37. The fourth-order valence-corrected chi connectivity index (χ4v) is 0.864. The van der Waals surface area contributed by atoms with Crippen LogP contribution in [0.1, 0.15) is 27.2 Å². The van der Waals surface area contributed by atoms with Crippen molar-refractivity contribution in [1.82, 2.24) is 5.32 Å². The van der Waals surface area contributed by atoms with Gasteiger partial charge >= 0.3 is 0 Å². The molecule has 0 radical (unpaired) electrons. The van der Waals surface area contributed by atoms with E-state index in [1.54, 1.807) is 0 Å². The third-order valence-corrected chi connectivity index (χ3v) is 1.30. The fraction of sp³-hybridized carbons (Fsp3) is 0.667. The summed E-state index contributed by atoms with van der Waals surface area (Å²) in [7, 11) is 0. The standard InChI is InChI=1S/C9H19N3/c1-5-6-8(4)12-9(10)11-7(2)3/h5,7-8H,1,6H2,2-4H3,(H3,10,11,12). The maximum atomic E-state index is 5.61. The van der Waals surface area contributed by atoms with Crippen molar-refractivity contribution in [3.8, 4) is 0 Å². The summed E-state index contributed by atoms with van der Waals surface area (Å²) in [4.78, 5) is 4.22. The lowest BCUT2D eigenvalue weighted by Gasteiger charge is -2.10. The minimum Gasteiger partial charge on any atom is -0.370 e. The van der Waals surface area contributed by atoms with Gasteiger partial charge in [-0.1, -0.05) is 6.08 Å². The zero-order valence-electron chi connectivity index (χ0n) is 8.17. The van der Waals surface area contributed by atoms with E-state index in [9.17, 15) is 0 Å². The van der Waals surface area contributed by atoms with E-state index in [2.05, 4.69) is 16.9 Å². The lowest BCUT2D eigenvalue weighted by molar-refractivity contribution is 0.700. The van der Waals surface area contributed by atoms with Gasteiger partial charge in [0.05, 0.1) is 6.04 Å². The highest BCUT2D eigenvalue weighted by Crippen LogP contribution is 1.95. The molecule has 0 spiro atoms. The molecule has 0 rings (SSSR count). The second-order valence-electron chi connectivity index (χ2n) is 3.19. The monoisotopic (exact) mass is 169 g/mol. The summed E-state index contributed by atoms with van der Waals surface area (Å²) in [6, 6.07) is 0.554. The van der Waals surface area contributed by atoms with E-state index < -0.39 is 0 Å². The van der Waals surface area contributed by atoms with Gasteiger partial charge < -0.3 is 11.1 Å². The molecule has 3 N–H and O–H groups in total. The van der Waals surface area contributed by atoms with Crippen molar-refractivity contribution in [2.24, 2.45) is 10.7 Å². The number of nitrogens with zero attached hydrogens (tertiary/aromatic N) is 1. The SMILES string of the molecule is C=CCC(C)N=C(N)NC(C)C. The molecule has 70 valence electrons. The number of hydrogen-bond acceptors (Lipinski definition) is 1. The topological polar surface area (TPSA) is 50.4 Å². The van der Waals surface area contributed by atoms with Gasteiger partial charge in [-0.2, -0.15) is 0 Å². The lowest BCUT2D eigenvalue weighted by atomic mass is 10.2. The van der Waals surface area contributed by atoms with Gasteiger partial charge in [0, 0.05) is 6.04 Å². The van der Waals surface area contributed by atoms with Gasteiger partial charge in [-0.25, -0.2) is 0 Å². The molecule has 0 saturated heterocycles. The van der Waals surface area contributed by atoms with Crippen LogP contribution in [-0.2, 0) is 0 Å². The zero-order chi connectivity index (χ0) is 9.56. The molecule has 0 aliphatic heterocycles. The Bertz CT molecular complexity index is 161. The Balaban J connectivity index is 3.88. The Morgan fingerprint density at radius 2 is 2.17 bits per heavy atom. The largest absolute Gasteiger partial charge is 0.370 e. The van der Waals surface area contributed by atoms with Gasteiger partial charge in [-0.3, -0.25) is 4.99 Å². The Morgan fingerprint density at radius 3 is 2.58 bits per heavy atom. The number of nitrogens with one attached hydrogen (secondary N) is 1. The Hall–Kier alpha value is -0.990. The van der Waals surface area contributed by atoms with Crippen molar-refractivity contribution in [2.45, 2.75) is 39.3 Å². The Morgan fingerprint density at radius 1 is 1.58 bits per heavy atom. The van der Waals surface area contributed by atoms with E-state index in [0.29, 0.717) is 12.0 Å². The first kappa shape index (κ1) is 11.0. The van der Waals surface area contributed by atoms with Crippen molar-refractivity contribution in [3.63, 3.8) is 0 Å². The van der Waals surface area contributed by atoms with Crippen LogP contribution in [0.5, 0.6) is 0 Å². The van der Waals surface area contributed by atoms with Crippen molar-refractivity contribution in [3.05, 3.63) is 12.7 Å². The number of nitrogens with two attached hydrogens (primary N) is 1. The number of hydrogen-bond donors (Lipinski definition) is 2. The first-order valence-electron chi connectivity index (χ1n) is 4.27. The van der Waals surface area contributed by atoms with Crippen molar-refractivity contribution >= 4 is 5.96 Å². The quantitative estimate of drug-likeness (QED) is 0.378. The van der Waals surface area contributed by atoms with Crippen LogP contribution in [0.2, 0.25) is 0 Å². The summed E-state index contributed by atoms with van der Waals surface area (Å²) in [5.74, 6) is 0.513. The molecular formula is C9H19N3. The average molecular weight is 169 g/mol. The second-order valence-corrected chi connectivity index (χ2v) is 3.19. The maximum Gasteiger partial charge on any atom is 0.189 e. The van der Waals surface area contributed by atoms with Gasteiger partial charge in [-0.05, 0) is 27.2 Å². The maximum absolute atomic E-state index is 5.61. The molecule has 0 aromatic rings. The van der Waals surface area contributed by atoms with Crippen molar-refractivity contribution in [1.29, 1.82) is 0 Å². The summed E-state index contributed by atoms with van der Waals surface area (Å²) in [6.07, 6.45) is 2.71. The molecule has 0 aromatic heterocycles. The van der Waals surface area contributed by atoms with E-state index in [0.717, 1.165) is 6.42 Å². The van der Waals surface area contributed by atoms with Crippen molar-refractivity contribution in [2.75, 3.05) is 0 Å². The van der Waals surface area contributed by atoms with Gasteiger partial charge in [0.15, 0.2) is 5.96 Å². The molecule has 12 heavy (non-hydrogen) atoms. The normalized spacial score (nSPS) is 14.5. The summed E-state index contributed by atoms with van der Waals surface area (Å²) in [5, 5.41) is 3.03. The molecular weight excluding hydrogens is 150 g/mol. The highest BCUT2D eigenvalue weighted by molar-refractivity contribution is 5.78. The highest BCUT2D eigenvalue weighted by atomic mass is 15.1. The number of aliphatic imine (C=N–C) groups is 1. The minimum atomic E-state index is 0.216. The third-order valence-electron chi connectivity index (χ3n) is 1.30. The van der Waals surface area contributed by atoms with Crippen molar-refractivity contribution < 1.29 is 0 Å². The van der Waals surface area contributed by atoms with Crippen LogP contribution in [0, 0.1) is 0 Å². The molecule has 0 heterocycles. The second kappa shape index (κ2) is 5.63. The summed E-state index contributed by atoms with van der Waals surface area (Å²) in [5.41, 5.74) is 5.61. The Kier molecular flexibility index (Phi) is 5.17. The summed E-state index contributed by atoms with van der Waals surface area (Å²) >= 11 is 0. The fourth-order valence-electron chi connectivity index (χ4n) is 0.864.